The lowest BCUT2D eigenvalue weighted by Crippen LogP contribution is -2.46. The number of hydrogen-bond acceptors (Lipinski definition) is 5. The van der Waals surface area contributed by atoms with Crippen LogP contribution >= 0.6 is 0 Å². The molecule has 7 nitrogen and oxygen atoms in total. The SMILES string of the molecule is CCN1CCN(c2cc(CNC(=NC)N(C)Cc3ccc(OC)cc3)ccn2)CC1. The quantitative estimate of drug-likeness (QED) is 0.559. The Kier molecular flexibility index (Phi) is 7.90. The van der Waals surface area contributed by atoms with E-state index >= 15 is 0 Å². The second-order valence-electron chi connectivity index (χ2n) is 7.55. The number of guanidine groups is 1. The summed E-state index contributed by atoms with van der Waals surface area (Å²) in [6.45, 7) is 9.09. The van der Waals surface area contributed by atoms with Gasteiger partial charge in [0, 0.05) is 59.6 Å². The molecule has 3 rings (SSSR count). The van der Waals surface area contributed by atoms with Crippen LogP contribution in [0.5, 0.6) is 5.75 Å². The molecule has 0 spiro atoms. The summed E-state index contributed by atoms with van der Waals surface area (Å²) in [5.41, 5.74) is 2.41. The topological polar surface area (TPSA) is 56.2 Å². The number of aliphatic imine (C=N–C) groups is 1. The number of anilines is 1. The zero-order valence-corrected chi connectivity index (χ0v) is 18.6. The molecule has 1 saturated heterocycles. The average molecular weight is 411 g/mol. The van der Waals surface area contributed by atoms with Gasteiger partial charge in [0.05, 0.1) is 7.11 Å². The average Bonchev–Trinajstić information content (AvgIpc) is 2.80. The highest BCUT2D eigenvalue weighted by Crippen LogP contribution is 2.16. The predicted molar refractivity (Wildman–Crippen MR) is 123 cm³/mol. The number of hydrogen-bond donors (Lipinski definition) is 1. The fourth-order valence-electron chi connectivity index (χ4n) is 3.68. The fraction of sp³-hybridized carbons (Fsp3) is 0.478. The second-order valence-corrected chi connectivity index (χ2v) is 7.55. The number of ether oxygens (including phenoxy) is 1. The van der Waals surface area contributed by atoms with Crippen LogP contribution < -0.4 is 15.0 Å². The molecule has 0 atom stereocenters. The molecule has 2 aromatic rings. The maximum absolute atomic E-state index is 5.23. The number of benzene rings is 1. The summed E-state index contributed by atoms with van der Waals surface area (Å²) in [6, 6.07) is 12.4. The highest BCUT2D eigenvalue weighted by Gasteiger charge is 2.17. The first-order valence-corrected chi connectivity index (χ1v) is 10.6. The molecule has 0 aliphatic carbocycles. The predicted octanol–water partition coefficient (Wildman–Crippen LogP) is 2.44. The minimum Gasteiger partial charge on any atom is -0.497 e. The molecule has 0 amide bonds. The van der Waals surface area contributed by atoms with E-state index < -0.39 is 0 Å². The third kappa shape index (κ3) is 5.86. The van der Waals surface area contributed by atoms with Gasteiger partial charge in [0.1, 0.15) is 11.6 Å². The van der Waals surface area contributed by atoms with Crippen molar-refractivity contribution < 1.29 is 4.74 Å². The zero-order valence-electron chi connectivity index (χ0n) is 18.6. The molecule has 0 bridgehead atoms. The van der Waals surface area contributed by atoms with Gasteiger partial charge in [-0.1, -0.05) is 19.1 Å². The van der Waals surface area contributed by atoms with Gasteiger partial charge in [-0.15, -0.1) is 0 Å². The number of piperazine rings is 1. The Morgan fingerprint density at radius 1 is 1.13 bits per heavy atom. The van der Waals surface area contributed by atoms with Gasteiger partial charge in [0.15, 0.2) is 5.96 Å². The van der Waals surface area contributed by atoms with E-state index in [1.807, 2.05) is 32.4 Å². The van der Waals surface area contributed by atoms with Crippen molar-refractivity contribution in [2.24, 2.45) is 4.99 Å². The van der Waals surface area contributed by atoms with Gasteiger partial charge in [-0.05, 0) is 41.9 Å². The lowest BCUT2D eigenvalue weighted by Gasteiger charge is -2.34. The van der Waals surface area contributed by atoms with Gasteiger partial charge in [0.25, 0.3) is 0 Å². The highest BCUT2D eigenvalue weighted by molar-refractivity contribution is 5.79. The normalized spacial score (nSPS) is 15.2. The van der Waals surface area contributed by atoms with Crippen LogP contribution in [0.25, 0.3) is 0 Å². The lowest BCUT2D eigenvalue weighted by molar-refractivity contribution is 0.270. The van der Waals surface area contributed by atoms with E-state index in [9.17, 15) is 0 Å². The van der Waals surface area contributed by atoms with Crippen LogP contribution in [-0.4, -0.2) is 74.7 Å². The Balaban J connectivity index is 1.55. The minimum absolute atomic E-state index is 0.712. The van der Waals surface area contributed by atoms with Crippen LogP contribution in [0.4, 0.5) is 5.82 Å². The van der Waals surface area contributed by atoms with Gasteiger partial charge in [0.2, 0.25) is 0 Å². The summed E-state index contributed by atoms with van der Waals surface area (Å²) in [5, 5.41) is 3.47. The number of rotatable bonds is 7. The largest absolute Gasteiger partial charge is 0.497 e. The molecule has 0 radical (unpaired) electrons. The van der Waals surface area contributed by atoms with E-state index in [-0.39, 0.29) is 0 Å². The van der Waals surface area contributed by atoms with Crippen molar-refractivity contribution in [3.05, 3.63) is 53.7 Å². The molecule has 1 aromatic carbocycles. The molecule has 1 aromatic heterocycles. The minimum atomic E-state index is 0.712. The van der Waals surface area contributed by atoms with Crippen LogP contribution in [0.15, 0.2) is 47.6 Å². The standard InChI is InChI=1S/C23H34N6O/c1-5-28-12-14-29(15-13-28)22-16-20(10-11-25-22)17-26-23(24-2)27(3)18-19-6-8-21(30-4)9-7-19/h6-11,16H,5,12-15,17-18H2,1-4H3,(H,24,26). The smallest absolute Gasteiger partial charge is 0.193 e. The van der Waals surface area contributed by atoms with Crippen LogP contribution in [0.3, 0.4) is 0 Å². The molecule has 7 heteroatoms. The van der Waals surface area contributed by atoms with E-state index in [1.165, 1.54) is 11.1 Å². The molecule has 0 unspecified atom stereocenters. The lowest BCUT2D eigenvalue weighted by atomic mass is 10.2. The first kappa shape index (κ1) is 21.9. The Bertz CT molecular complexity index is 815. The monoisotopic (exact) mass is 410 g/mol. The number of nitrogens with one attached hydrogen (secondary N) is 1. The van der Waals surface area contributed by atoms with Crippen molar-refractivity contribution in [3.63, 3.8) is 0 Å². The molecular weight excluding hydrogens is 376 g/mol. The van der Waals surface area contributed by atoms with Crippen LogP contribution in [0, 0.1) is 0 Å². The van der Waals surface area contributed by atoms with Gasteiger partial charge < -0.3 is 24.8 Å². The third-order valence-corrected chi connectivity index (χ3v) is 5.56. The van der Waals surface area contributed by atoms with E-state index in [2.05, 4.69) is 61.2 Å². The summed E-state index contributed by atoms with van der Waals surface area (Å²) in [5.74, 6) is 2.79. The molecule has 1 aliphatic rings. The molecule has 1 aliphatic heterocycles. The number of likely N-dealkylation sites (N-methyl/N-ethyl adjacent to an activating group) is 1. The molecule has 2 heterocycles. The van der Waals surface area contributed by atoms with E-state index in [0.29, 0.717) is 6.54 Å². The Labute approximate surface area is 180 Å². The van der Waals surface area contributed by atoms with Crippen molar-refractivity contribution in [2.45, 2.75) is 20.0 Å². The number of aromatic nitrogens is 1. The summed E-state index contributed by atoms with van der Waals surface area (Å²) in [4.78, 5) is 16.0. The van der Waals surface area contributed by atoms with Crippen molar-refractivity contribution in [2.75, 3.05) is 58.8 Å². The number of pyridine rings is 1. The van der Waals surface area contributed by atoms with Crippen LogP contribution in [0.2, 0.25) is 0 Å². The maximum atomic E-state index is 5.23. The fourth-order valence-corrected chi connectivity index (χ4v) is 3.68. The summed E-state index contributed by atoms with van der Waals surface area (Å²) >= 11 is 0. The first-order valence-electron chi connectivity index (χ1n) is 10.6. The van der Waals surface area contributed by atoms with E-state index in [4.69, 9.17) is 4.74 Å². The van der Waals surface area contributed by atoms with E-state index in [0.717, 1.165) is 56.8 Å². The van der Waals surface area contributed by atoms with Gasteiger partial charge in [-0.25, -0.2) is 4.98 Å². The van der Waals surface area contributed by atoms with Crippen molar-refractivity contribution in [1.82, 2.24) is 20.1 Å². The Morgan fingerprint density at radius 2 is 1.87 bits per heavy atom. The first-order chi connectivity index (χ1) is 14.6. The molecule has 30 heavy (non-hydrogen) atoms. The van der Waals surface area contributed by atoms with Crippen molar-refractivity contribution in [3.8, 4) is 5.75 Å². The molecule has 0 saturated carbocycles. The molecular formula is C23H34N6O. The van der Waals surface area contributed by atoms with E-state index in [1.54, 1.807) is 7.11 Å². The highest BCUT2D eigenvalue weighted by atomic mass is 16.5. The number of methoxy groups -OCH3 is 1. The zero-order chi connectivity index (χ0) is 21.3. The van der Waals surface area contributed by atoms with Crippen molar-refractivity contribution in [1.29, 1.82) is 0 Å². The van der Waals surface area contributed by atoms with Crippen molar-refractivity contribution >= 4 is 11.8 Å². The third-order valence-electron chi connectivity index (χ3n) is 5.56. The molecule has 162 valence electrons. The van der Waals surface area contributed by atoms with Gasteiger partial charge in [-0.3, -0.25) is 4.99 Å². The summed E-state index contributed by atoms with van der Waals surface area (Å²) < 4.78 is 5.23. The van der Waals surface area contributed by atoms with Crippen LogP contribution in [-0.2, 0) is 13.1 Å². The maximum Gasteiger partial charge on any atom is 0.193 e. The molecule has 1 N–H and O–H groups in total. The summed E-state index contributed by atoms with van der Waals surface area (Å²) in [6.07, 6.45) is 1.91. The van der Waals surface area contributed by atoms with Crippen LogP contribution in [0.1, 0.15) is 18.1 Å². The van der Waals surface area contributed by atoms with Gasteiger partial charge in [-0.2, -0.15) is 0 Å². The molecule has 1 fully saturated rings. The second kappa shape index (κ2) is 10.8. The van der Waals surface area contributed by atoms with Gasteiger partial charge >= 0.3 is 0 Å². The Morgan fingerprint density at radius 3 is 2.50 bits per heavy atom. The number of nitrogens with zero attached hydrogens (tertiary/aromatic N) is 5. The summed E-state index contributed by atoms with van der Waals surface area (Å²) in [7, 11) is 5.55. The Hall–Kier alpha value is -2.80.